The lowest BCUT2D eigenvalue weighted by atomic mass is 9.96. The monoisotopic (exact) mass is 251 g/mol. The van der Waals surface area contributed by atoms with E-state index in [0.717, 1.165) is 16.9 Å². The number of hydrogen-bond acceptors (Lipinski definition) is 3. The van der Waals surface area contributed by atoms with E-state index in [4.69, 9.17) is 4.74 Å². The molecule has 0 aliphatic carbocycles. The molecule has 0 saturated heterocycles. The molecule has 92 valence electrons. The molecule has 0 radical (unpaired) electrons. The lowest BCUT2D eigenvalue weighted by Gasteiger charge is -2.21. The normalized spacial score (nSPS) is 15.2. The number of para-hydroxylation sites is 1. The van der Waals surface area contributed by atoms with Crippen molar-refractivity contribution in [2.75, 3.05) is 0 Å². The molecule has 4 rings (SSSR count). The number of carbonyl (C=O) groups excluding carboxylic acids is 2. The molecule has 2 aromatic carbocycles. The van der Waals surface area contributed by atoms with Gasteiger partial charge in [0.2, 0.25) is 0 Å². The van der Waals surface area contributed by atoms with Crippen molar-refractivity contribution < 1.29 is 14.3 Å². The molecule has 2 aliphatic heterocycles. The number of carbonyl (C=O) groups is 2. The van der Waals surface area contributed by atoms with E-state index in [0.29, 0.717) is 23.3 Å². The van der Waals surface area contributed by atoms with Crippen LogP contribution in [0.1, 0.15) is 31.8 Å². The van der Waals surface area contributed by atoms with Gasteiger partial charge in [-0.2, -0.15) is 0 Å². The number of rotatable bonds is 0. The van der Waals surface area contributed by atoms with Gasteiger partial charge in [0, 0.05) is 12.0 Å². The summed E-state index contributed by atoms with van der Waals surface area (Å²) in [5.74, 6) is 0.525. The van der Waals surface area contributed by atoms with Crippen molar-refractivity contribution in [3.63, 3.8) is 0 Å². The van der Waals surface area contributed by atoms with Crippen LogP contribution in [0, 0.1) is 0 Å². The molecule has 4 heteroatoms. The summed E-state index contributed by atoms with van der Waals surface area (Å²) >= 11 is 0. The van der Waals surface area contributed by atoms with Crippen LogP contribution in [0.15, 0.2) is 36.4 Å². The van der Waals surface area contributed by atoms with Crippen molar-refractivity contribution in [1.29, 1.82) is 0 Å². The first-order valence-electron chi connectivity index (χ1n) is 6.01. The Bertz CT molecular complexity index is 749. The minimum absolute atomic E-state index is 0.356. The van der Waals surface area contributed by atoms with Crippen LogP contribution in [0.5, 0.6) is 11.5 Å². The second-order valence-electron chi connectivity index (χ2n) is 4.65. The van der Waals surface area contributed by atoms with Crippen LogP contribution in [0.2, 0.25) is 0 Å². The van der Waals surface area contributed by atoms with Crippen molar-refractivity contribution in [2.24, 2.45) is 0 Å². The molecule has 0 saturated carbocycles. The first kappa shape index (κ1) is 10.3. The minimum atomic E-state index is -0.378. The van der Waals surface area contributed by atoms with Gasteiger partial charge < -0.3 is 4.74 Å². The van der Waals surface area contributed by atoms with E-state index in [9.17, 15) is 9.59 Å². The summed E-state index contributed by atoms with van der Waals surface area (Å²) in [6, 6.07) is 11.2. The molecule has 0 spiro atoms. The average Bonchev–Trinajstić information content (AvgIpc) is 2.72. The number of benzene rings is 2. The fourth-order valence-electron chi connectivity index (χ4n) is 2.59. The maximum atomic E-state index is 11.8. The Morgan fingerprint density at radius 3 is 2.68 bits per heavy atom. The van der Waals surface area contributed by atoms with Gasteiger partial charge in [-0.25, -0.2) is 0 Å². The third kappa shape index (κ3) is 1.34. The molecule has 0 bridgehead atoms. The number of nitrogens with one attached hydrogen (secondary N) is 1. The van der Waals surface area contributed by atoms with Gasteiger partial charge in [-0.1, -0.05) is 24.3 Å². The van der Waals surface area contributed by atoms with Crippen LogP contribution >= 0.6 is 0 Å². The zero-order chi connectivity index (χ0) is 13.0. The standard InChI is InChI=1S/C15H9NO3/c17-14-10-6-5-9-7-8-3-1-2-4-11(8)19-13(9)12(10)15(18)16-14/h1-6H,7H2,(H,16,17,18). The fraction of sp³-hybridized carbons (Fsp3) is 0.0667. The minimum Gasteiger partial charge on any atom is -0.456 e. The van der Waals surface area contributed by atoms with E-state index in [1.54, 1.807) is 6.07 Å². The summed E-state index contributed by atoms with van der Waals surface area (Å²) in [5.41, 5.74) is 2.77. The van der Waals surface area contributed by atoms with Crippen LogP contribution < -0.4 is 10.1 Å². The fourth-order valence-corrected chi connectivity index (χ4v) is 2.59. The first-order chi connectivity index (χ1) is 9.24. The Labute approximate surface area is 109 Å². The molecule has 4 nitrogen and oxygen atoms in total. The molecular formula is C15H9NO3. The molecule has 2 heterocycles. The number of hydrogen-bond donors (Lipinski definition) is 1. The lowest BCUT2D eigenvalue weighted by molar-refractivity contribution is 0.0879. The van der Waals surface area contributed by atoms with E-state index >= 15 is 0 Å². The third-order valence-corrected chi connectivity index (χ3v) is 3.50. The number of ether oxygens (including phenoxy) is 1. The van der Waals surface area contributed by atoms with Crippen molar-refractivity contribution in [2.45, 2.75) is 6.42 Å². The number of imide groups is 1. The Morgan fingerprint density at radius 1 is 0.947 bits per heavy atom. The largest absolute Gasteiger partial charge is 0.456 e. The van der Waals surface area contributed by atoms with Crippen molar-refractivity contribution >= 4 is 11.8 Å². The smallest absolute Gasteiger partial charge is 0.262 e. The van der Waals surface area contributed by atoms with Gasteiger partial charge in [-0.15, -0.1) is 0 Å². The van der Waals surface area contributed by atoms with Gasteiger partial charge in [0.15, 0.2) is 0 Å². The molecule has 19 heavy (non-hydrogen) atoms. The molecule has 2 aromatic rings. The maximum Gasteiger partial charge on any atom is 0.262 e. The SMILES string of the molecule is O=C1NC(=O)c2c1ccc1c2Oc2ccccc2C1. The quantitative estimate of drug-likeness (QED) is 0.623. The third-order valence-electron chi connectivity index (χ3n) is 3.50. The Balaban J connectivity index is 1.94. The highest BCUT2D eigenvalue weighted by Crippen LogP contribution is 2.40. The average molecular weight is 251 g/mol. The van der Waals surface area contributed by atoms with E-state index in [2.05, 4.69) is 5.32 Å². The number of fused-ring (bicyclic) bond motifs is 4. The highest BCUT2D eigenvalue weighted by atomic mass is 16.5. The second-order valence-corrected chi connectivity index (χ2v) is 4.65. The van der Waals surface area contributed by atoms with E-state index in [-0.39, 0.29) is 11.8 Å². The topological polar surface area (TPSA) is 55.4 Å². The van der Waals surface area contributed by atoms with E-state index in [1.807, 2.05) is 30.3 Å². The van der Waals surface area contributed by atoms with Crippen LogP contribution in [-0.4, -0.2) is 11.8 Å². The second kappa shape index (κ2) is 3.45. The Hall–Kier alpha value is -2.62. The molecular weight excluding hydrogens is 242 g/mol. The van der Waals surface area contributed by atoms with Crippen molar-refractivity contribution in [3.05, 3.63) is 58.7 Å². The van der Waals surface area contributed by atoms with Crippen LogP contribution in [0.4, 0.5) is 0 Å². The van der Waals surface area contributed by atoms with Gasteiger partial charge in [0.25, 0.3) is 11.8 Å². The Kier molecular flexibility index (Phi) is 1.87. The highest BCUT2D eigenvalue weighted by molar-refractivity contribution is 6.23. The molecule has 0 unspecified atom stereocenters. The summed E-state index contributed by atoms with van der Waals surface area (Å²) in [4.78, 5) is 23.5. The zero-order valence-electron chi connectivity index (χ0n) is 9.90. The lowest BCUT2D eigenvalue weighted by Crippen LogP contribution is -2.20. The highest BCUT2D eigenvalue weighted by Gasteiger charge is 2.33. The molecule has 1 N–H and O–H groups in total. The summed E-state index contributed by atoms with van der Waals surface area (Å²) in [7, 11) is 0. The maximum absolute atomic E-state index is 11.8. The summed E-state index contributed by atoms with van der Waals surface area (Å²) in [5, 5.41) is 2.30. The molecule has 2 aliphatic rings. The van der Waals surface area contributed by atoms with Gasteiger partial charge in [-0.3, -0.25) is 14.9 Å². The summed E-state index contributed by atoms with van der Waals surface area (Å²) < 4.78 is 5.83. The van der Waals surface area contributed by atoms with Crippen molar-refractivity contribution in [3.8, 4) is 11.5 Å². The zero-order valence-corrected chi connectivity index (χ0v) is 9.90. The number of amides is 2. The van der Waals surface area contributed by atoms with Crippen LogP contribution in [0.25, 0.3) is 0 Å². The van der Waals surface area contributed by atoms with E-state index in [1.165, 1.54) is 0 Å². The van der Waals surface area contributed by atoms with Crippen LogP contribution in [-0.2, 0) is 6.42 Å². The summed E-state index contributed by atoms with van der Waals surface area (Å²) in [6.07, 6.45) is 0.709. The molecule has 0 atom stereocenters. The first-order valence-corrected chi connectivity index (χ1v) is 6.01. The molecule has 0 fully saturated rings. The van der Waals surface area contributed by atoms with E-state index < -0.39 is 0 Å². The van der Waals surface area contributed by atoms with Gasteiger partial charge in [-0.05, 0) is 17.7 Å². The van der Waals surface area contributed by atoms with Crippen molar-refractivity contribution in [1.82, 2.24) is 5.32 Å². The Morgan fingerprint density at radius 2 is 1.79 bits per heavy atom. The van der Waals surface area contributed by atoms with Gasteiger partial charge >= 0.3 is 0 Å². The predicted molar refractivity (Wildman–Crippen MR) is 67.6 cm³/mol. The molecule has 0 aromatic heterocycles. The van der Waals surface area contributed by atoms with Gasteiger partial charge in [0.05, 0.1) is 11.1 Å². The summed E-state index contributed by atoms with van der Waals surface area (Å²) in [6.45, 7) is 0. The van der Waals surface area contributed by atoms with Gasteiger partial charge in [0.1, 0.15) is 11.5 Å². The molecule has 2 amide bonds. The predicted octanol–water partition coefficient (Wildman–Crippen LogP) is 2.27. The van der Waals surface area contributed by atoms with Crippen LogP contribution in [0.3, 0.4) is 0 Å².